The Labute approximate surface area is 169 Å². The molecule has 1 fully saturated rings. The van der Waals surface area contributed by atoms with Crippen LogP contribution in [-0.2, 0) is 16.8 Å². The van der Waals surface area contributed by atoms with Crippen molar-refractivity contribution in [3.63, 3.8) is 0 Å². The normalized spacial score (nSPS) is 19.4. The summed E-state index contributed by atoms with van der Waals surface area (Å²) in [5, 5.41) is 13.3. The van der Waals surface area contributed by atoms with Crippen molar-refractivity contribution in [2.24, 2.45) is 0 Å². The highest BCUT2D eigenvalue weighted by Gasteiger charge is 2.47. The molecule has 0 radical (unpaired) electrons. The first-order valence-corrected chi connectivity index (χ1v) is 9.62. The van der Waals surface area contributed by atoms with Crippen LogP contribution in [0.5, 0.6) is 0 Å². The number of pyridine rings is 1. The second-order valence-corrected chi connectivity index (χ2v) is 7.53. The van der Waals surface area contributed by atoms with E-state index in [1.165, 1.54) is 0 Å². The number of carbonyl (C=O) groups is 1. The second kappa shape index (κ2) is 7.84. The minimum atomic E-state index is -0.439. The van der Waals surface area contributed by atoms with Crippen LogP contribution in [0.2, 0.25) is 0 Å². The molecule has 1 saturated heterocycles. The lowest BCUT2D eigenvalue weighted by Crippen LogP contribution is -2.47. The summed E-state index contributed by atoms with van der Waals surface area (Å²) in [5.74, 6) is 0.771. The molecular weight excluding hydrogens is 370 g/mol. The van der Waals surface area contributed by atoms with Crippen molar-refractivity contribution in [1.29, 1.82) is 0 Å². The summed E-state index contributed by atoms with van der Waals surface area (Å²) in [5.41, 5.74) is 1.11. The summed E-state index contributed by atoms with van der Waals surface area (Å²) >= 11 is 0. The molecule has 1 aromatic carbocycles. The van der Waals surface area contributed by atoms with Crippen LogP contribution in [0.3, 0.4) is 0 Å². The minimum absolute atomic E-state index is 0.00962. The third kappa shape index (κ3) is 3.47. The molecule has 0 spiro atoms. The molecule has 0 aliphatic carbocycles. The van der Waals surface area contributed by atoms with Crippen LogP contribution >= 0.6 is 0 Å². The quantitative estimate of drug-likeness (QED) is 0.619. The first kappa shape index (κ1) is 19.4. The Morgan fingerprint density at radius 1 is 1.31 bits per heavy atom. The number of amides is 1. The van der Waals surface area contributed by atoms with Gasteiger partial charge in [0.25, 0.3) is 5.91 Å². The van der Waals surface area contributed by atoms with Gasteiger partial charge in [-0.2, -0.15) is 0 Å². The van der Waals surface area contributed by atoms with E-state index >= 15 is 0 Å². The van der Waals surface area contributed by atoms with Gasteiger partial charge in [-0.15, -0.1) is 5.10 Å². The SMILES string of the molecule is COCCn1nnnc1C1(N(C)C)CCN(C(=O)c2ccc3ncccc3c2)C1. The molecule has 9 heteroatoms. The van der Waals surface area contributed by atoms with Gasteiger partial charge in [0.1, 0.15) is 5.54 Å². The maximum absolute atomic E-state index is 13.2. The summed E-state index contributed by atoms with van der Waals surface area (Å²) < 4.78 is 6.96. The fourth-order valence-electron chi connectivity index (χ4n) is 3.97. The fourth-order valence-corrected chi connectivity index (χ4v) is 3.97. The van der Waals surface area contributed by atoms with Gasteiger partial charge in [-0.1, -0.05) is 6.07 Å². The highest BCUT2D eigenvalue weighted by molar-refractivity contribution is 5.98. The fraction of sp³-hybridized carbons (Fsp3) is 0.450. The van der Waals surface area contributed by atoms with Crippen LogP contribution in [0.1, 0.15) is 22.6 Å². The Morgan fingerprint density at radius 3 is 2.97 bits per heavy atom. The molecule has 3 heterocycles. The van der Waals surface area contributed by atoms with E-state index < -0.39 is 5.54 Å². The van der Waals surface area contributed by atoms with Gasteiger partial charge < -0.3 is 9.64 Å². The second-order valence-electron chi connectivity index (χ2n) is 7.53. The minimum Gasteiger partial charge on any atom is -0.383 e. The number of nitrogens with zero attached hydrogens (tertiary/aromatic N) is 7. The summed E-state index contributed by atoms with van der Waals surface area (Å²) in [6.45, 7) is 2.26. The molecule has 0 N–H and O–H groups in total. The predicted octanol–water partition coefficient (Wildman–Crippen LogP) is 1.17. The third-order valence-electron chi connectivity index (χ3n) is 5.70. The highest BCUT2D eigenvalue weighted by Crippen LogP contribution is 2.35. The Morgan fingerprint density at radius 2 is 2.17 bits per heavy atom. The van der Waals surface area contributed by atoms with E-state index in [0.29, 0.717) is 31.8 Å². The number of rotatable bonds is 6. The standard InChI is InChI=1S/C20H25N7O2/c1-25(2)20(19-22-23-24-27(19)11-12-29-3)8-10-26(14-20)18(28)16-6-7-17-15(13-16)5-4-9-21-17/h4-7,9,13H,8,10-12,14H2,1-3H3. The smallest absolute Gasteiger partial charge is 0.253 e. The number of benzene rings is 1. The Balaban J connectivity index is 1.61. The monoisotopic (exact) mass is 395 g/mol. The number of likely N-dealkylation sites (tertiary alicyclic amines) is 1. The van der Waals surface area contributed by atoms with Gasteiger partial charge in [-0.25, -0.2) is 4.68 Å². The molecule has 4 rings (SSSR count). The maximum atomic E-state index is 13.2. The first-order valence-electron chi connectivity index (χ1n) is 9.62. The molecule has 1 unspecified atom stereocenters. The summed E-state index contributed by atoms with van der Waals surface area (Å²) in [6, 6.07) is 9.49. The summed E-state index contributed by atoms with van der Waals surface area (Å²) in [4.78, 5) is 21.6. The van der Waals surface area contributed by atoms with Crippen molar-refractivity contribution in [3.05, 3.63) is 47.9 Å². The molecule has 1 aliphatic rings. The van der Waals surface area contributed by atoms with E-state index in [-0.39, 0.29) is 5.91 Å². The van der Waals surface area contributed by atoms with Crippen molar-refractivity contribution < 1.29 is 9.53 Å². The molecule has 9 nitrogen and oxygen atoms in total. The van der Waals surface area contributed by atoms with Gasteiger partial charge in [0, 0.05) is 37.3 Å². The van der Waals surface area contributed by atoms with E-state index in [9.17, 15) is 4.79 Å². The van der Waals surface area contributed by atoms with Crippen LogP contribution < -0.4 is 0 Å². The zero-order valence-electron chi connectivity index (χ0n) is 16.9. The molecule has 1 aliphatic heterocycles. The number of likely N-dealkylation sites (N-methyl/N-ethyl adjacent to an activating group) is 1. The molecule has 3 aromatic rings. The molecule has 1 amide bonds. The van der Waals surface area contributed by atoms with Gasteiger partial charge >= 0.3 is 0 Å². The van der Waals surface area contributed by atoms with Gasteiger partial charge in [0.15, 0.2) is 5.82 Å². The number of hydrogen-bond donors (Lipinski definition) is 0. The third-order valence-corrected chi connectivity index (χ3v) is 5.70. The van der Waals surface area contributed by atoms with Crippen LogP contribution in [0.15, 0.2) is 36.5 Å². The lowest BCUT2D eigenvalue weighted by atomic mass is 9.96. The predicted molar refractivity (Wildman–Crippen MR) is 107 cm³/mol. The molecule has 0 bridgehead atoms. The topological polar surface area (TPSA) is 89.3 Å². The van der Waals surface area contributed by atoms with Crippen molar-refractivity contribution in [1.82, 2.24) is 35.0 Å². The van der Waals surface area contributed by atoms with Crippen LogP contribution in [-0.4, -0.2) is 81.8 Å². The Kier molecular flexibility index (Phi) is 5.25. The van der Waals surface area contributed by atoms with E-state index in [1.807, 2.05) is 49.3 Å². The van der Waals surface area contributed by atoms with E-state index in [1.54, 1.807) is 18.0 Å². The maximum Gasteiger partial charge on any atom is 0.253 e. The largest absolute Gasteiger partial charge is 0.383 e. The summed E-state index contributed by atoms with van der Waals surface area (Å²) in [6.07, 6.45) is 2.51. The van der Waals surface area contributed by atoms with Crippen molar-refractivity contribution in [2.45, 2.75) is 18.5 Å². The number of tetrazole rings is 1. The van der Waals surface area contributed by atoms with E-state index in [2.05, 4.69) is 25.4 Å². The van der Waals surface area contributed by atoms with Crippen LogP contribution in [0, 0.1) is 0 Å². The molecule has 29 heavy (non-hydrogen) atoms. The van der Waals surface area contributed by atoms with E-state index in [4.69, 9.17) is 4.74 Å². The zero-order chi connectivity index (χ0) is 20.4. The molecule has 1 atom stereocenters. The Hall–Kier alpha value is -2.91. The Bertz CT molecular complexity index is 1020. The van der Waals surface area contributed by atoms with Gasteiger partial charge in [-0.05, 0) is 55.2 Å². The number of carbonyl (C=O) groups excluding carboxylic acids is 1. The summed E-state index contributed by atoms with van der Waals surface area (Å²) in [7, 11) is 5.66. The zero-order valence-corrected chi connectivity index (χ0v) is 16.9. The van der Waals surface area contributed by atoms with E-state index in [0.717, 1.165) is 23.1 Å². The van der Waals surface area contributed by atoms with Crippen LogP contribution in [0.4, 0.5) is 0 Å². The number of aromatic nitrogens is 5. The molecule has 0 saturated carbocycles. The van der Waals surface area contributed by atoms with Gasteiger partial charge in [0.05, 0.1) is 18.7 Å². The van der Waals surface area contributed by atoms with Gasteiger partial charge in [-0.3, -0.25) is 14.7 Å². The lowest BCUT2D eigenvalue weighted by Gasteiger charge is -2.34. The van der Waals surface area contributed by atoms with Crippen molar-refractivity contribution >= 4 is 16.8 Å². The molecule has 2 aromatic heterocycles. The van der Waals surface area contributed by atoms with Crippen LogP contribution in [0.25, 0.3) is 10.9 Å². The lowest BCUT2D eigenvalue weighted by molar-refractivity contribution is 0.0737. The average Bonchev–Trinajstić information content (AvgIpc) is 3.39. The van der Waals surface area contributed by atoms with Crippen molar-refractivity contribution in [2.75, 3.05) is 40.9 Å². The highest BCUT2D eigenvalue weighted by atomic mass is 16.5. The van der Waals surface area contributed by atoms with Crippen molar-refractivity contribution in [3.8, 4) is 0 Å². The molecule has 152 valence electrons. The number of ether oxygens (including phenoxy) is 1. The number of methoxy groups -OCH3 is 1. The molecular formula is C20H25N7O2. The average molecular weight is 395 g/mol. The van der Waals surface area contributed by atoms with Gasteiger partial charge in [0.2, 0.25) is 0 Å². The number of hydrogen-bond acceptors (Lipinski definition) is 7. The first-order chi connectivity index (χ1) is 14.0. The number of fused-ring (bicyclic) bond motifs is 1.